The zero-order valence-electron chi connectivity index (χ0n) is 16.0. The van der Waals surface area contributed by atoms with Gasteiger partial charge < -0.3 is 44.5 Å². The predicted molar refractivity (Wildman–Crippen MR) is 106 cm³/mol. The van der Waals surface area contributed by atoms with Crippen LogP contribution in [-0.2, 0) is 4.74 Å². The van der Waals surface area contributed by atoms with Crippen LogP contribution in [0.15, 0.2) is 51.9 Å². The lowest BCUT2D eigenvalue weighted by Gasteiger charge is -2.19. The van der Waals surface area contributed by atoms with E-state index in [9.17, 15) is 30.3 Å². The molecular formula is C21H20O10. The van der Waals surface area contributed by atoms with Crippen molar-refractivity contribution in [2.75, 3.05) is 6.61 Å². The van der Waals surface area contributed by atoms with Crippen molar-refractivity contribution in [2.45, 2.75) is 30.7 Å². The smallest absolute Gasteiger partial charge is 0.229 e. The minimum Gasteiger partial charge on any atom is -0.508 e. The fourth-order valence-electron chi connectivity index (χ4n) is 3.43. The van der Waals surface area contributed by atoms with E-state index in [0.717, 1.165) is 0 Å². The summed E-state index contributed by atoms with van der Waals surface area (Å²) in [6.45, 7) is -0.713. The molecule has 0 aliphatic carbocycles. The Bertz CT molecular complexity index is 1140. The third kappa shape index (κ3) is 3.71. The summed E-state index contributed by atoms with van der Waals surface area (Å²) in [5.41, 5.74) is 0.160. The number of rotatable bonds is 5. The lowest BCUT2D eigenvalue weighted by Crippen LogP contribution is -2.40. The normalized spacial score (nSPS) is 24.4. The van der Waals surface area contributed by atoms with Crippen molar-refractivity contribution >= 4 is 11.0 Å². The number of phenols is 2. The largest absolute Gasteiger partial charge is 0.508 e. The molecule has 1 fully saturated rings. The molecule has 10 nitrogen and oxygen atoms in total. The van der Waals surface area contributed by atoms with Crippen molar-refractivity contribution < 1.29 is 44.5 Å². The quantitative estimate of drug-likeness (QED) is 0.324. The van der Waals surface area contributed by atoms with Crippen LogP contribution in [0.1, 0.15) is 0 Å². The number of ether oxygens (including phenoxy) is 2. The summed E-state index contributed by atoms with van der Waals surface area (Å²) in [6.07, 6.45) is -6.30. The van der Waals surface area contributed by atoms with Gasteiger partial charge in [-0.25, -0.2) is 0 Å². The Labute approximate surface area is 174 Å². The van der Waals surface area contributed by atoms with E-state index in [1.54, 1.807) is 12.1 Å². The van der Waals surface area contributed by atoms with Gasteiger partial charge in [0.2, 0.25) is 17.5 Å². The lowest BCUT2D eigenvalue weighted by molar-refractivity contribution is -0.137. The van der Waals surface area contributed by atoms with Crippen molar-refractivity contribution in [3.63, 3.8) is 0 Å². The number of aromatic hydroxyl groups is 2. The number of aliphatic hydroxyl groups is 4. The molecule has 0 saturated carbocycles. The fourth-order valence-corrected chi connectivity index (χ4v) is 3.43. The van der Waals surface area contributed by atoms with E-state index >= 15 is 0 Å². The molecule has 31 heavy (non-hydrogen) atoms. The van der Waals surface area contributed by atoms with E-state index in [0.29, 0.717) is 5.56 Å². The topological polar surface area (TPSA) is 170 Å². The van der Waals surface area contributed by atoms with E-state index < -0.39 is 48.5 Å². The molecule has 5 unspecified atom stereocenters. The number of hydrogen-bond donors (Lipinski definition) is 6. The highest BCUT2D eigenvalue weighted by Gasteiger charge is 2.47. The Morgan fingerprint density at radius 1 is 1.03 bits per heavy atom. The van der Waals surface area contributed by atoms with Gasteiger partial charge in [0.1, 0.15) is 36.4 Å². The number of benzene rings is 2. The Hall–Kier alpha value is -3.15. The van der Waals surface area contributed by atoms with Crippen LogP contribution < -0.4 is 10.2 Å². The lowest BCUT2D eigenvalue weighted by atomic mass is 10.1. The molecule has 3 aromatic rings. The van der Waals surface area contributed by atoms with E-state index in [4.69, 9.17) is 19.0 Å². The number of phenolic OH excluding ortho intramolecular Hbond substituents is 2. The molecule has 0 radical (unpaired) electrons. The van der Waals surface area contributed by atoms with E-state index in [-0.39, 0.29) is 28.0 Å². The number of fused-ring (bicyclic) bond motifs is 1. The zero-order valence-corrected chi connectivity index (χ0v) is 16.0. The van der Waals surface area contributed by atoms with Gasteiger partial charge in [0.15, 0.2) is 11.3 Å². The molecule has 0 spiro atoms. The summed E-state index contributed by atoms with van der Waals surface area (Å²) in [5, 5.41) is 58.7. The second kappa shape index (κ2) is 8.17. The Balaban J connectivity index is 1.72. The highest BCUT2D eigenvalue weighted by molar-refractivity contribution is 5.88. The van der Waals surface area contributed by atoms with Crippen LogP contribution in [0.4, 0.5) is 0 Å². The second-order valence-corrected chi connectivity index (χ2v) is 7.13. The first-order valence-corrected chi connectivity index (χ1v) is 9.36. The molecule has 4 rings (SSSR count). The van der Waals surface area contributed by atoms with Gasteiger partial charge in [0.05, 0.1) is 17.6 Å². The average Bonchev–Trinajstić information content (AvgIpc) is 3.04. The molecule has 164 valence electrons. The van der Waals surface area contributed by atoms with Gasteiger partial charge in [-0.3, -0.25) is 4.79 Å². The molecule has 1 aliphatic rings. The van der Waals surface area contributed by atoms with E-state index in [1.807, 2.05) is 0 Å². The summed E-state index contributed by atoms with van der Waals surface area (Å²) in [5.74, 6) is -0.678. The first-order chi connectivity index (χ1) is 14.8. The van der Waals surface area contributed by atoms with Gasteiger partial charge in [0.25, 0.3) is 0 Å². The molecule has 1 aliphatic heterocycles. The van der Waals surface area contributed by atoms with Crippen LogP contribution in [0.2, 0.25) is 0 Å². The number of aliphatic hydroxyl groups excluding tert-OH is 4. The van der Waals surface area contributed by atoms with E-state index in [1.165, 1.54) is 30.5 Å². The Kier molecular flexibility index (Phi) is 5.56. The Morgan fingerprint density at radius 3 is 2.42 bits per heavy atom. The summed E-state index contributed by atoms with van der Waals surface area (Å²) in [4.78, 5) is 13.0. The highest BCUT2D eigenvalue weighted by atomic mass is 16.7. The molecule has 1 aromatic heterocycles. The molecule has 2 aromatic carbocycles. The van der Waals surface area contributed by atoms with Crippen molar-refractivity contribution in [1.29, 1.82) is 0 Å². The summed E-state index contributed by atoms with van der Waals surface area (Å²) >= 11 is 0. The summed E-state index contributed by atoms with van der Waals surface area (Å²) in [6, 6.07) is 8.47. The average molecular weight is 432 g/mol. The zero-order chi connectivity index (χ0) is 22.3. The second-order valence-electron chi connectivity index (χ2n) is 7.13. The van der Waals surface area contributed by atoms with Gasteiger partial charge >= 0.3 is 0 Å². The number of hydrogen-bond acceptors (Lipinski definition) is 10. The van der Waals surface area contributed by atoms with Crippen LogP contribution in [0.25, 0.3) is 22.1 Å². The monoisotopic (exact) mass is 432 g/mol. The van der Waals surface area contributed by atoms with Crippen LogP contribution in [0.3, 0.4) is 0 Å². The van der Waals surface area contributed by atoms with Crippen LogP contribution in [0.5, 0.6) is 17.2 Å². The molecule has 2 heterocycles. The standard InChI is InChI=1S/C21H20O10/c22-7-14(25)19-16(27)17(28)21(30-19)31-20-13(24)6-5-11-15(26)12(8-29-18(11)20)9-1-3-10(23)4-2-9/h1-6,8,14,16-17,19,21-25,27-28H,7H2. The summed E-state index contributed by atoms with van der Waals surface area (Å²) < 4.78 is 16.3. The molecule has 10 heteroatoms. The first-order valence-electron chi connectivity index (χ1n) is 9.36. The molecule has 1 saturated heterocycles. The maximum Gasteiger partial charge on any atom is 0.229 e. The summed E-state index contributed by atoms with van der Waals surface area (Å²) in [7, 11) is 0. The van der Waals surface area contributed by atoms with Gasteiger partial charge in [-0.05, 0) is 29.8 Å². The third-order valence-corrected chi connectivity index (χ3v) is 5.11. The van der Waals surface area contributed by atoms with Crippen molar-refractivity contribution in [3.8, 4) is 28.4 Å². The molecule has 0 amide bonds. The molecular weight excluding hydrogens is 412 g/mol. The molecule has 5 atom stereocenters. The van der Waals surface area contributed by atoms with Gasteiger partial charge in [-0.15, -0.1) is 0 Å². The maximum atomic E-state index is 13.0. The first kappa shape index (κ1) is 21.1. The van der Waals surface area contributed by atoms with Crippen molar-refractivity contribution in [1.82, 2.24) is 0 Å². The third-order valence-electron chi connectivity index (χ3n) is 5.11. The minimum atomic E-state index is -1.61. The van der Waals surface area contributed by atoms with Gasteiger partial charge in [0, 0.05) is 0 Å². The highest BCUT2D eigenvalue weighted by Crippen LogP contribution is 2.37. The minimum absolute atomic E-state index is 0.0384. The van der Waals surface area contributed by atoms with Gasteiger partial charge in [-0.2, -0.15) is 0 Å². The van der Waals surface area contributed by atoms with Crippen LogP contribution in [0, 0.1) is 0 Å². The Morgan fingerprint density at radius 2 is 1.74 bits per heavy atom. The SMILES string of the molecule is O=c1c(-c2ccc(O)cc2)coc2c(OC3OC(C(O)CO)C(O)C3O)c(O)ccc12. The molecule has 6 N–H and O–H groups in total. The van der Waals surface area contributed by atoms with Crippen molar-refractivity contribution in [2.24, 2.45) is 0 Å². The predicted octanol–water partition coefficient (Wildman–Crippen LogP) is 0.0499. The van der Waals surface area contributed by atoms with Crippen molar-refractivity contribution in [3.05, 3.63) is 52.9 Å². The van der Waals surface area contributed by atoms with Gasteiger partial charge in [-0.1, -0.05) is 12.1 Å². The molecule has 0 bridgehead atoms. The van der Waals surface area contributed by atoms with Crippen LogP contribution in [-0.4, -0.2) is 68.0 Å². The fraction of sp³-hybridized carbons (Fsp3) is 0.286. The maximum absolute atomic E-state index is 13.0. The van der Waals surface area contributed by atoms with E-state index in [2.05, 4.69) is 0 Å². The van der Waals surface area contributed by atoms with Crippen LogP contribution >= 0.6 is 0 Å².